The van der Waals surface area contributed by atoms with E-state index in [4.69, 9.17) is 0 Å². The van der Waals surface area contributed by atoms with Crippen LogP contribution in [-0.2, 0) is 17.9 Å². The van der Waals surface area contributed by atoms with Gasteiger partial charge in [0, 0.05) is 30.9 Å². The lowest BCUT2D eigenvalue weighted by Crippen LogP contribution is -2.33. The Bertz CT molecular complexity index is 685. The van der Waals surface area contributed by atoms with Crippen molar-refractivity contribution in [1.29, 1.82) is 0 Å². The van der Waals surface area contributed by atoms with Crippen LogP contribution in [0.4, 0.5) is 0 Å². The molecule has 1 amide bonds. The molecule has 0 saturated heterocycles. The molecule has 0 aliphatic heterocycles. The van der Waals surface area contributed by atoms with E-state index in [0.29, 0.717) is 11.8 Å². The third-order valence-electron chi connectivity index (χ3n) is 4.90. The Morgan fingerprint density at radius 1 is 1.21 bits per heavy atom. The molecule has 24 heavy (non-hydrogen) atoms. The molecule has 0 unspecified atom stereocenters. The Morgan fingerprint density at radius 3 is 2.71 bits per heavy atom. The molecule has 0 bridgehead atoms. The number of hydrogen-bond acceptors (Lipinski definition) is 1. The van der Waals surface area contributed by atoms with Gasteiger partial charge in [-0.25, -0.2) is 0 Å². The molecule has 0 N–H and O–H groups in total. The Morgan fingerprint density at radius 2 is 2.00 bits per heavy atom. The molecule has 1 aromatic carbocycles. The average Bonchev–Trinajstić information content (AvgIpc) is 3.35. The van der Waals surface area contributed by atoms with Crippen LogP contribution in [-0.4, -0.2) is 21.9 Å². The van der Waals surface area contributed by atoms with Gasteiger partial charge in [-0.3, -0.25) is 4.79 Å². The van der Waals surface area contributed by atoms with E-state index < -0.39 is 0 Å². The summed E-state index contributed by atoms with van der Waals surface area (Å²) in [5.41, 5.74) is 3.88. The van der Waals surface area contributed by atoms with E-state index in [-0.39, 0.29) is 0 Å². The van der Waals surface area contributed by atoms with Crippen molar-refractivity contribution in [2.24, 2.45) is 5.92 Å². The van der Waals surface area contributed by atoms with Gasteiger partial charge in [0.25, 0.3) is 0 Å². The van der Waals surface area contributed by atoms with Gasteiger partial charge in [-0.1, -0.05) is 37.6 Å². The molecule has 1 aromatic heterocycles. The van der Waals surface area contributed by atoms with Crippen molar-refractivity contribution >= 4 is 5.91 Å². The van der Waals surface area contributed by atoms with Crippen LogP contribution in [0.5, 0.6) is 0 Å². The molecular formula is C21H28N2O. The van der Waals surface area contributed by atoms with Crippen molar-refractivity contribution in [3.05, 3.63) is 59.4 Å². The van der Waals surface area contributed by atoms with Crippen molar-refractivity contribution in [1.82, 2.24) is 9.47 Å². The highest BCUT2D eigenvalue weighted by Gasteiger charge is 2.33. The minimum atomic E-state index is 0.293. The van der Waals surface area contributed by atoms with E-state index in [1.54, 1.807) is 0 Å². The maximum atomic E-state index is 12.6. The number of benzene rings is 1. The van der Waals surface area contributed by atoms with Crippen LogP contribution in [0.25, 0.3) is 0 Å². The number of rotatable bonds is 8. The monoisotopic (exact) mass is 324 g/mol. The summed E-state index contributed by atoms with van der Waals surface area (Å²) >= 11 is 0. The van der Waals surface area contributed by atoms with E-state index in [1.165, 1.54) is 16.8 Å². The van der Waals surface area contributed by atoms with Crippen molar-refractivity contribution in [2.75, 3.05) is 6.54 Å². The molecule has 0 spiro atoms. The quantitative estimate of drug-likeness (QED) is 0.707. The number of aryl methyl sites for hydroxylation is 1. The average molecular weight is 324 g/mol. The predicted octanol–water partition coefficient (Wildman–Crippen LogP) is 4.38. The number of hydrogen-bond donors (Lipinski definition) is 0. The van der Waals surface area contributed by atoms with Crippen LogP contribution in [0.15, 0.2) is 42.6 Å². The Labute approximate surface area is 145 Å². The first-order chi connectivity index (χ1) is 11.7. The summed E-state index contributed by atoms with van der Waals surface area (Å²) in [7, 11) is 0. The lowest BCUT2D eigenvalue weighted by Gasteiger charge is -2.24. The summed E-state index contributed by atoms with van der Waals surface area (Å²) in [5.74, 6) is 0.647. The first-order valence-electron chi connectivity index (χ1n) is 9.16. The smallest absolute Gasteiger partial charge is 0.226 e. The van der Waals surface area contributed by atoms with E-state index in [1.807, 2.05) is 0 Å². The minimum Gasteiger partial charge on any atom is -0.345 e. The fourth-order valence-corrected chi connectivity index (χ4v) is 3.12. The van der Waals surface area contributed by atoms with Gasteiger partial charge in [-0.2, -0.15) is 0 Å². The summed E-state index contributed by atoms with van der Waals surface area (Å²) in [4.78, 5) is 14.7. The number of nitrogens with zero attached hydrogens (tertiary/aromatic N) is 2. The van der Waals surface area contributed by atoms with E-state index in [9.17, 15) is 4.79 Å². The van der Waals surface area contributed by atoms with Crippen LogP contribution in [0.1, 0.15) is 49.4 Å². The third kappa shape index (κ3) is 4.08. The first-order valence-corrected chi connectivity index (χ1v) is 9.16. The second-order valence-corrected chi connectivity index (χ2v) is 6.94. The summed E-state index contributed by atoms with van der Waals surface area (Å²) in [6.45, 7) is 6.81. The zero-order valence-electron chi connectivity index (χ0n) is 14.9. The van der Waals surface area contributed by atoms with Crippen molar-refractivity contribution in [3.63, 3.8) is 0 Å². The number of amides is 1. The molecule has 1 aliphatic rings. The topological polar surface area (TPSA) is 25.2 Å². The van der Waals surface area contributed by atoms with Gasteiger partial charge >= 0.3 is 0 Å². The van der Waals surface area contributed by atoms with E-state index >= 15 is 0 Å². The van der Waals surface area contributed by atoms with Gasteiger partial charge in [0.1, 0.15) is 0 Å². The van der Waals surface area contributed by atoms with E-state index in [0.717, 1.165) is 45.3 Å². The van der Waals surface area contributed by atoms with Crippen LogP contribution < -0.4 is 0 Å². The zero-order chi connectivity index (χ0) is 16.9. The lowest BCUT2D eigenvalue weighted by molar-refractivity contribution is -0.133. The van der Waals surface area contributed by atoms with Crippen molar-refractivity contribution in [3.8, 4) is 0 Å². The SMILES string of the molecule is CCCCN(Cc1cccn1Cc1ccccc1C)C(=O)C1CC1. The third-order valence-corrected chi connectivity index (χ3v) is 4.90. The lowest BCUT2D eigenvalue weighted by atomic mass is 10.1. The Hall–Kier alpha value is -2.03. The van der Waals surface area contributed by atoms with Gasteiger partial charge in [0.15, 0.2) is 0 Å². The molecule has 1 heterocycles. The molecule has 3 rings (SSSR count). The standard InChI is InChI=1S/C21H28N2O/c1-3-4-13-23(21(24)18-11-12-18)16-20-10-7-14-22(20)15-19-9-6-5-8-17(19)2/h5-10,14,18H,3-4,11-13,15-16H2,1-2H3. The molecule has 0 atom stereocenters. The number of carbonyl (C=O) groups is 1. The highest BCUT2D eigenvalue weighted by atomic mass is 16.2. The maximum Gasteiger partial charge on any atom is 0.226 e. The normalized spacial score (nSPS) is 13.9. The van der Waals surface area contributed by atoms with Gasteiger partial charge < -0.3 is 9.47 Å². The Balaban J connectivity index is 1.73. The number of carbonyl (C=O) groups excluding carboxylic acids is 1. The summed E-state index contributed by atoms with van der Waals surface area (Å²) in [6.07, 6.45) is 6.48. The van der Waals surface area contributed by atoms with Crippen LogP contribution in [0.3, 0.4) is 0 Å². The minimum absolute atomic E-state index is 0.293. The number of aromatic nitrogens is 1. The molecule has 1 fully saturated rings. The van der Waals surface area contributed by atoms with Crippen LogP contribution in [0.2, 0.25) is 0 Å². The zero-order valence-corrected chi connectivity index (χ0v) is 14.9. The predicted molar refractivity (Wildman–Crippen MR) is 97.8 cm³/mol. The van der Waals surface area contributed by atoms with Gasteiger partial charge in [0.2, 0.25) is 5.91 Å². The largest absolute Gasteiger partial charge is 0.345 e. The van der Waals surface area contributed by atoms with Crippen molar-refractivity contribution < 1.29 is 4.79 Å². The molecule has 2 aromatic rings. The second-order valence-electron chi connectivity index (χ2n) is 6.94. The molecule has 1 aliphatic carbocycles. The van der Waals surface area contributed by atoms with Crippen molar-refractivity contribution in [2.45, 2.75) is 52.6 Å². The maximum absolute atomic E-state index is 12.6. The van der Waals surface area contributed by atoms with Gasteiger partial charge in [0.05, 0.1) is 6.54 Å². The summed E-state index contributed by atoms with van der Waals surface area (Å²) in [6, 6.07) is 12.8. The Kier molecular flexibility index (Phi) is 5.39. The van der Waals surface area contributed by atoms with Crippen LogP contribution in [0, 0.1) is 12.8 Å². The van der Waals surface area contributed by atoms with Gasteiger partial charge in [-0.15, -0.1) is 0 Å². The summed E-state index contributed by atoms with van der Waals surface area (Å²) in [5, 5.41) is 0. The summed E-state index contributed by atoms with van der Waals surface area (Å²) < 4.78 is 2.28. The molecule has 1 saturated carbocycles. The fourth-order valence-electron chi connectivity index (χ4n) is 3.12. The molecule has 128 valence electrons. The van der Waals surface area contributed by atoms with Crippen LogP contribution >= 0.6 is 0 Å². The number of unbranched alkanes of at least 4 members (excludes halogenated alkanes) is 1. The molecule has 0 radical (unpaired) electrons. The highest BCUT2D eigenvalue weighted by Crippen LogP contribution is 2.31. The first kappa shape index (κ1) is 16.8. The second kappa shape index (κ2) is 7.69. The highest BCUT2D eigenvalue weighted by molar-refractivity contribution is 5.81. The fraction of sp³-hybridized carbons (Fsp3) is 0.476. The molecule has 3 nitrogen and oxygen atoms in total. The molecule has 3 heteroatoms. The van der Waals surface area contributed by atoms with Gasteiger partial charge in [-0.05, 0) is 49.4 Å². The molecular weight excluding hydrogens is 296 g/mol. The van der Waals surface area contributed by atoms with E-state index in [2.05, 4.69) is 65.9 Å².